The molecule has 0 aromatic heterocycles. The Balaban J connectivity index is 3.45. The average Bonchev–Trinajstić information content (AvgIpc) is 2.62. The maximum absolute atomic E-state index is 13.7. The first kappa shape index (κ1) is 28.4. The van der Waals surface area contributed by atoms with Gasteiger partial charge in [0, 0.05) is 12.6 Å². The van der Waals surface area contributed by atoms with E-state index in [9.17, 15) is 19.5 Å². The molecule has 8 nitrogen and oxygen atoms in total. The molecule has 0 heterocycles. The van der Waals surface area contributed by atoms with Gasteiger partial charge in [0.1, 0.15) is 17.7 Å². The van der Waals surface area contributed by atoms with Gasteiger partial charge in [-0.3, -0.25) is 9.59 Å². The Labute approximate surface area is 198 Å². The van der Waals surface area contributed by atoms with Crippen molar-refractivity contribution in [3.8, 4) is 0 Å². The van der Waals surface area contributed by atoms with Gasteiger partial charge in [-0.2, -0.15) is 0 Å². The van der Waals surface area contributed by atoms with Crippen LogP contribution >= 0.6 is 0 Å². The monoisotopic (exact) mass is 463 g/mol. The topological polar surface area (TPSA) is 108 Å². The van der Waals surface area contributed by atoms with Gasteiger partial charge >= 0.3 is 6.09 Å². The van der Waals surface area contributed by atoms with Crippen LogP contribution in [-0.2, 0) is 14.3 Å². The highest BCUT2D eigenvalue weighted by molar-refractivity contribution is 5.92. The zero-order chi connectivity index (χ0) is 25.5. The number of aliphatic hydroxyl groups excluding tert-OH is 1. The van der Waals surface area contributed by atoms with Crippen LogP contribution < -0.4 is 10.6 Å². The molecule has 3 amide bonds. The number of rotatable bonds is 9. The summed E-state index contributed by atoms with van der Waals surface area (Å²) in [5, 5.41) is 15.3. The van der Waals surface area contributed by atoms with Crippen molar-refractivity contribution >= 4 is 17.9 Å². The highest BCUT2D eigenvalue weighted by atomic mass is 16.6. The van der Waals surface area contributed by atoms with Gasteiger partial charge in [0.2, 0.25) is 11.8 Å². The molecule has 186 valence electrons. The number of amides is 3. The van der Waals surface area contributed by atoms with Gasteiger partial charge in [0.05, 0.1) is 6.61 Å². The summed E-state index contributed by atoms with van der Waals surface area (Å²) in [7, 11) is 0. The molecule has 0 saturated heterocycles. The van der Waals surface area contributed by atoms with Crippen molar-refractivity contribution in [1.29, 1.82) is 0 Å². The third kappa shape index (κ3) is 9.04. The van der Waals surface area contributed by atoms with E-state index in [0.29, 0.717) is 5.56 Å². The van der Waals surface area contributed by atoms with Gasteiger partial charge in [-0.05, 0) is 59.9 Å². The van der Waals surface area contributed by atoms with Crippen molar-refractivity contribution in [2.24, 2.45) is 5.92 Å². The lowest BCUT2D eigenvalue weighted by molar-refractivity contribution is -0.144. The number of carbonyl (C=O) groups is 3. The fourth-order valence-corrected chi connectivity index (χ4v) is 3.61. The molecular weight excluding hydrogens is 422 g/mol. The molecular formula is C25H41N3O5. The summed E-state index contributed by atoms with van der Waals surface area (Å²) in [6.07, 6.45) is -0.715. The summed E-state index contributed by atoms with van der Waals surface area (Å²) >= 11 is 0. The van der Waals surface area contributed by atoms with Gasteiger partial charge in [0.15, 0.2) is 0 Å². The summed E-state index contributed by atoms with van der Waals surface area (Å²) in [4.78, 5) is 40.8. The van der Waals surface area contributed by atoms with E-state index in [4.69, 9.17) is 4.74 Å². The second-order valence-corrected chi connectivity index (χ2v) is 10.1. The van der Waals surface area contributed by atoms with Crippen molar-refractivity contribution in [2.75, 3.05) is 13.2 Å². The number of aryl methyl sites for hydroxylation is 2. The molecule has 2 unspecified atom stereocenters. The lowest BCUT2D eigenvalue weighted by Crippen LogP contribution is -2.55. The molecule has 2 atom stereocenters. The quantitative estimate of drug-likeness (QED) is 0.521. The zero-order valence-corrected chi connectivity index (χ0v) is 21.5. The lowest BCUT2D eigenvalue weighted by atomic mass is 9.96. The Morgan fingerprint density at radius 1 is 1.00 bits per heavy atom. The van der Waals surface area contributed by atoms with E-state index < -0.39 is 29.7 Å². The molecule has 1 aromatic carbocycles. The van der Waals surface area contributed by atoms with Crippen LogP contribution in [0.5, 0.6) is 0 Å². The van der Waals surface area contributed by atoms with E-state index in [1.54, 1.807) is 34.6 Å². The SMILES string of the molecule is Cc1cc(C)cc(C(C(=O)NC(C)C)N(CCO)C(=O)C(NC(=O)OC(C)(C)C)C(C)C)c1. The molecule has 1 aromatic rings. The van der Waals surface area contributed by atoms with E-state index in [0.717, 1.165) is 11.1 Å². The number of hydrogen-bond acceptors (Lipinski definition) is 5. The van der Waals surface area contributed by atoms with Crippen molar-refractivity contribution < 1.29 is 24.2 Å². The standard InChI is InChI=1S/C25H41N3O5/c1-15(2)20(27-24(32)33-25(7,8)9)23(31)28(10-11-29)21(22(30)26-16(3)4)19-13-17(5)12-18(6)14-19/h12-16,20-21,29H,10-11H2,1-9H3,(H,26,30)(H,27,32). The van der Waals surface area contributed by atoms with E-state index in [1.165, 1.54) is 4.90 Å². The van der Waals surface area contributed by atoms with E-state index in [2.05, 4.69) is 10.6 Å². The van der Waals surface area contributed by atoms with Crippen LogP contribution in [0.4, 0.5) is 4.79 Å². The fourth-order valence-electron chi connectivity index (χ4n) is 3.61. The molecule has 33 heavy (non-hydrogen) atoms. The first-order valence-corrected chi connectivity index (χ1v) is 11.5. The first-order valence-electron chi connectivity index (χ1n) is 11.5. The van der Waals surface area contributed by atoms with Crippen molar-refractivity contribution in [2.45, 2.75) is 86.0 Å². The van der Waals surface area contributed by atoms with Gasteiger partial charge in [-0.25, -0.2) is 4.79 Å². The molecule has 0 aliphatic rings. The van der Waals surface area contributed by atoms with Gasteiger partial charge in [-0.15, -0.1) is 0 Å². The number of alkyl carbamates (subject to hydrolysis) is 1. The Kier molecular flexibility index (Phi) is 10.4. The third-order valence-electron chi connectivity index (χ3n) is 4.78. The number of benzene rings is 1. The Bertz CT molecular complexity index is 810. The van der Waals surface area contributed by atoms with Gasteiger partial charge < -0.3 is 25.4 Å². The van der Waals surface area contributed by atoms with Crippen LogP contribution in [0.2, 0.25) is 0 Å². The minimum Gasteiger partial charge on any atom is -0.444 e. The molecule has 0 saturated carbocycles. The Morgan fingerprint density at radius 3 is 1.97 bits per heavy atom. The third-order valence-corrected chi connectivity index (χ3v) is 4.78. The van der Waals surface area contributed by atoms with Gasteiger partial charge in [0.25, 0.3) is 0 Å². The van der Waals surface area contributed by atoms with E-state index >= 15 is 0 Å². The normalized spacial score (nSPS) is 13.5. The summed E-state index contributed by atoms with van der Waals surface area (Å²) in [5.74, 6) is -1.09. The van der Waals surface area contributed by atoms with Gasteiger partial charge in [-0.1, -0.05) is 43.2 Å². The van der Waals surface area contributed by atoms with Crippen LogP contribution in [0, 0.1) is 19.8 Å². The fraction of sp³-hybridized carbons (Fsp3) is 0.640. The maximum atomic E-state index is 13.7. The summed E-state index contributed by atoms with van der Waals surface area (Å²) < 4.78 is 5.34. The van der Waals surface area contributed by atoms with Crippen molar-refractivity contribution in [3.05, 3.63) is 34.9 Å². The molecule has 0 bridgehead atoms. The van der Waals surface area contributed by atoms with Crippen LogP contribution in [0.1, 0.15) is 71.2 Å². The molecule has 3 N–H and O–H groups in total. The van der Waals surface area contributed by atoms with E-state index in [-0.39, 0.29) is 31.0 Å². The highest BCUT2D eigenvalue weighted by Gasteiger charge is 2.37. The Morgan fingerprint density at radius 2 is 1.55 bits per heavy atom. The summed E-state index contributed by atoms with van der Waals surface area (Å²) in [5.41, 5.74) is 1.83. The molecule has 0 spiro atoms. The molecule has 8 heteroatoms. The number of aliphatic hydroxyl groups is 1. The number of nitrogens with zero attached hydrogens (tertiary/aromatic N) is 1. The number of carbonyl (C=O) groups excluding carboxylic acids is 3. The zero-order valence-electron chi connectivity index (χ0n) is 21.5. The number of hydrogen-bond donors (Lipinski definition) is 3. The molecule has 0 aliphatic carbocycles. The number of ether oxygens (including phenoxy) is 1. The smallest absolute Gasteiger partial charge is 0.408 e. The Hall–Kier alpha value is -2.61. The second kappa shape index (κ2) is 12.0. The largest absolute Gasteiger partial charge is 0.444 e. The average molecular weight is 464 g/mol. The lowest BCUT2D eigenvalue weighted by Gasteiger charge is -2.35. The predicted octanol–water partition coefficient (Wildman–Crippen LogP) is 3.24. The van der Waals surface area contributed by atoms with Crippen LogP contribution in [-0.4, -0.2) is 58.8 Å². The van der Waals surface area contributed by atoms with E-state index in [1.807, 2.05) is 45.9 Å². The van der Waals surface area contributed by atoms with Crippen molar-refractivity contribution in [1.82, 2.24) is 15.5 Å². The second-order valence-electron chi connectivity index (χ2n) is 10.1. The molecule has 0 fully saturated rings. The van der Waals surface area contributed by atoms with Crippen molar-refractivity contribution in [3.63, 3.8) is 0 Å². The summed E-state index contributed by atoms with van der Waals surface area (Å²) in [6.45, 7) is 16.0. The summed E-state index contributed by atoms with van der Waals surface area (Å²) in [6, 6.07) is 3.67. The minimum atomic E-state index is -0.965. The molecule has 0 radical (unpaired) electrons. The maximum Gasteiger partial charge on any atom is 0.408 e. The first-order chi connectivity index (χ1) is 15.2. The minimum absolute atomic E-state index is 0.0682. The predicted molar refractivity (Wildman–Crippen MR) is 129 cm³/mol. The molecule has 0 aliphatic heterocycles. The molecule has 1 rings (SSSR count). The van der Waals surface area contributed by atoms with Crippen LogP contribution in [0.25, 0.3) is 0 Å². The number of nitrogens with one attached hydrogen (secondary N) is 2. The van der Waals surface area contributed by atoms with Crippen LogP contribution in [0.3, 0.4) is 0 Å². The van der Waals surface area contributed by atoms with Crippen LogP contribution in [0.15, 0.2) is 18.2 Å². The highest BCUT2D eigenvalue weighted by Crippen LogP contribution is 2.26.